The molecule has 1 heteroatoms. The van der Waals surface area contributed by atoms with Crippen molar-refractivity contribution >= 4 is 0 Å². The van der Waals surface area contributed by atoms with Crippen molar-refractivity contribution in [3.63, 3.8) is 0 Å². The van der Waals surface area contributed by atoms with Crippen LogP contribution in [0.4, 0.5) is 0 Å². The van der Waals surface area contributed by atoms with Gasteiger partial charge in [-0.05, 0) is 30.4 Å². The quantitative estimate of drug-likeness (QED) is 0.566. The van der Waals surface area contributed by atoms with Gasteiger partial charge >= 0.3 is 0 Å². The number of aliphatic hydroxyl groups is 1. The average Bonchev–Trinajstić information content (AvgIpc) is 2.71. The highest BCUT2D eigenvalue weighted by Crippen LogP contribution is 2.40. The number of fused-ring (bicyclic) bond motifs is 1. The Balaban J connectivity index is 1.86. The van der Waals surface area contributed by atoms with Gasteiger partial charge in [0.15, 0.2) is 0 Å². The van der Waals surface area contributed by atoms with Crippen LogP contribution in [-0.2, 0) is 0 Å². The van der Waals surface area contributed by atoms with Crippen LogP contribution in [0.5, 0.6) is 0 Å². The first kappa shape index (κ1) is 13.4. The molecule has 0 amide bonds. The Bertz CT molecular complexity index is 394. The molecule has 0 unspecified atom stereocenters. The molecule has 0 heterocycles. The molecule has 1 aliphatic rings. The first-order valence-electron chi connectivity index (χ1n) is 7.26. The van der Waals surface area contributed by atoms with Gasteiger partial charge in [0.1, 0.15) is 0 Å². The van der Waals surface area contributed by atoms with Crippen LogP contribution in [0.1, 0.15) is 68.6 Å². The lowest BCUT2D eigenvalue weighted by Crippen LogP contribution is -1.89. The third-order valence-corrected chi connectivity index (χ3v) is 3.82. The van der Waals surface area contributed by atoms with E-state index in [1.165, 1.54) is 37.7 Å². The van der Waals surface area contributed by atoms with Gasteiger partial charge in [-0.1, -0.05) is 62.6 Å². The zero-order valence-electron chi connectivity index (χ0n) is 11.3. The topological polar surface area (TPSA) is 20.2 Å². The maximum atomic E-state index is 9.99. The normalized spacial score (nSPS) is 22.6. The number of hydrogen-bond acceptors (Lipinski definition) is 1. The molecule has 18 heavy (non-hydrogen) atoms. The fraction of sp³-hybridized carbons (Fsp3) is 0.529. The summed E-state index contributed by atoms with van der Waals surface area (Å²) in [6.45, 7) is 2.24. The molecule has 1 aromatic rings. The first-order chi connectivity index (χ1) is 8.83. The molecule has 1 aromatic carbocycles. The highest BCUT2D eigenvalue weighted by Gasteiger charge is 2.26. The molecular formula is C17H24O. The Morgan fingerprint density at radius 1 is 1.17 bits per heavy atom. The molecule has 0 saturated heterocycles. The second-order valence-electron chi connectivity index (χ2n) is 5.26. The Morgan fingerprint density at radius 3 is 2.72 bits per heavy atom. The van der Waals surface area contributed by atoms with Gasteiger partial charge in [0, 0.05) is 5.92 Å². The number of rotatable bonds is 6. The van der Waals surface area contributed by atoms with Gasteiger partial charge in [-0.2, -0.15) is 0 Å². The molecule has 2 atom stereocenters. The molecule has 2 rings (SSSR count). The van der Waals surface area contributed by atoms with Gasteiger partial charge in [-0.25, -0.2) is 0 Å². The van der Waals surface area contributed by atoms with E-state index < -0.39 is 0 Å². The van der Waals surface area contributed by atoms with E-state index in [2.05, 4.69) is 37.3 Å². The molecule has 0 radical (unpaired) electrons. The molecule has 0 spiro atoms. The zero-order chi connectivity index (χ0) is 12.8. The monoisotopic (exact) mass is 244 g/mol. The molecule has 0 fully saturated rings. The third-order valence-electron chi connectivity index (χ3n) is 3.82. The summed E-state index contributed by atoms with van der Waals surface area (Å²) in [6, 6.07) is 8.28. The first-order valence-corrected chi connectivity index (χ1v) is 7.26. The predicted octanol–water partition coefficient (Wildman–Crippen LogP) is 4.73. The van der Waals surface area contributed by atoms with Crippen LogP contribution in [0.15, 0.2) is 36.4 Å². The lowest BCUT2D eigenvalue weighted by molar-refractivity contribution is 0.177. The molecule has 0 aliphatic heterocycles. The number of unbranched alkanes of at least 4 members (excludes halogenated alkanes) is 4. The van der Waals surface area contributed by atoms with Crippen molar-refractivity contribution in [1.29, 1.82) is 0 Å². The zero-order valence-corrected chi connectivity index (χ0v) is 11.3. The van der Waals surface area contributed by atoms with Crippen LogP contribution < -0.4 is 0 Å². The smallest absolute Gasteiger partial charge is 0.0801 e. The second-order valence-corrected chi connectivity index (χ2v) is 5.26. The van der Waals surface area contributed by atoms with Gasteiger partial charge in [-0.15, -0.1) is 0 Å². The van der Waals surface area contributed by atoms with E-state index in [4.69, 9.17) is 0 Å². The van der Waals surface area contributed by atoms with Gasteiger partial charge in [0.05, 0.1) is 6.10 Å². The summed E-state index contributed by atoms with van der Waals surface area (Å²) in [5, 5.41) is 9.99. The molecule has 1 aliphatic carbocycles. The van der Waals surface area contributed by atoms with Crippen molar-refractivity contribution in [3.05, 3.63) is 47.5 Å². The highest BCUT2D eigenvalue weighted by atomic mass is 16.3. The molecule has 1 N–H and O–H groups in total. The van der Waals surface area contributed by atoms with E-state index in [1.807, 2.05) is 6.07 Å². The third kappa shape index (κ3) is 3.23. The number of aliphatic hydroxyl groups excluding tert-OH is 1. The van der Waals surface area contributed by atoms with Crippen molar-refractivity contribution in [1.82, 2.24) is 0 Å². The van der Waals surface area contributed by atoms with Crippen LogP contribution in [0.2, 0.25) is 0 Å². The maximum absolute atomic E-state index is 9.99. The van der Waals surface area contributed by atoms with Crippen molar-refractivity contribution in [2.45, 2.75) is 57.5 Å². The summed E-state index contributed by atoms with van der Waals surface area (Å²) in [7, 11) is 0. The Hall–Kier alpha value is -1.08. The van der Waals surface area contributed by atoms with E-state index >= 15 is 0 Å². The summed E-state index contributed by atoms with van der Waals surface area (Å²) in [4.78, 5) is 0. The summed E-state index contributed by atoms with van der Waals surface area (Å²) in [5.41, 5.74) is 2.44. The van der Waals surface area contributed by atoms with Crippen LogP contribution in [0, 0.1) is 0 Å². The summed E-state index contributed by atoms with van der Waals surface area (Å²) < 4.78 is 0. The Morgan fingerprint density at radius 2 is 1.94 bits per heavy atom. The Kier molecular flexibility index (Phi) is 5.00. The summed E-state index contributed by atoms with van der Waals surface area (Å²) >= 11 is 0. The summed E-state index contributed by atoms with van der Waals surface area (Å²) in [5.74, 6) is 0.419. The average molecular weight is 244 g/mol. The Labute approximate surface area is 111 Å². The van der Waals surface area contributed by atoms with Crippen LogP contribution in [0.25, 0.3) is 0 Å². The van der Waals surface area contributed by atoms with E-state index in [0.717, 1.165) is 12.0 Å². The van der Waals surface area contributed by atoms with Crippen molar-refractivity contribution < 1.29 is 5.11 Å². The summed E-state index contributed by atoms with van der Waals surface area (Å²) in [6.07, 6.45) is 11.6. The van der Waals surface area contributed by atoms with Crippen LogP contribution >= 0.6 is 0 Å². The van der Waals surface area contributed by atoms with E-state index in [0.29, 0.717) is 5.92 Å². The number of hydrogen-bond donors (Lipinski definition) is 1. The van der Waals surface area contributed by atoms with Crippen LogP contribution in [-0.4, -0.2) is 5.11 Å². The molecule has 1 nitrogen and oxygen atoms in total. The highest BCUT2D eigenvalue weighted by molar-refractivity contribution is 5.39. The molecular weight excluding hydrogens is 220 g/mol. The van der Waals surface area contributed by atoms with Gasteiger partial charge in [-0.3, -0.25) is 0 Å². The van der Waals surface area contributed by atoms with Crippen LogP contribution in [0.3, 0.4) is 0 Å². The van der Waals surface area contributed by atoms with Crippen molar-refractivity contribution in [3.8, 4) is 0 Å². The maximum Gasteiger partial charge on any atom is 0.0801 e. The minimum absolute atomic E-state index is 0.268. The van der Waals surface area contributed by atoms with Gasteiger partial charge in [0.2, 0.25) is 0 Å². The van der Waals surface area contributed by atoms with E-state index in [9.17, 15) is 5.11 Å². The molecule has 98 valence electrons. The van der Waals surface area contributed by atoms with E-state index in [1.54, 1.807) is 0 Å². The largest absolute Gasteiger partial charge is 0.388 e. The fourth-order valence-electron chi connectivity index (χ4n) is 2.78. The lowest BCUT2D eigenvalue weighted by Gasteiger charge is -2.04. The SMILES string of the molecule is CCCCCC/C=C/[C@H]1C[C@@H](O)c2ccccc21. The molecule has 0 saturated carbocycles. The van der Waals surface area contributed by atoms with Crippen molar-refractivity contribution in [2.75, 3.05) is 0 Å². The standard InChI is InChI=1S/C17H24O/c1-2-3-4-5-6-7-10-14-13-17(18)16-12-9-8-11-15(14)16/h7-12,14,17-18H,2-6,13H2,1H3/b10-7+/t14-,17+/m0/s1. The molecule has 0 bridgehead atoms. The minimum Gasteiger partial charge on any atom is -0.388 e. The second kappa shape index (κ2) is 6.75. The van der Waals surface area contributed by atoms with Gasteiger partial charge in [0.25, 0.3) is 0 Å². The van der Waals surface area contributed by atoms with Gasteiger partial charge < -0.3 is 5.11 Å². The van der Waals surface area contributed by atoms with Crippen molar-refractivity contribution in [2.24, 2.45) is 0 Å². The number of allylic oxidation sites excluding steroid dienone is 2. The fourth-order valence-corrected chi connectivity index (χ4v) is 2.78. The molecule has 0 aromatic heterocycles. The van der Waals surface area contributed by atoms with E-state index in [-0.39, 0.29) is 6.10 Å². The minimum atomic E-state index is -0.268. The predicted molar refractivity (Wildman–Crippen MR) is 76.7 cm³/mol. The number of benzene rings is 1. The lowest BCUT2D eigenvalue weighted by atomic mass is 10.0.